The summed E-state index contributed by atoms with van der Waals surface area (Å²) in [6, 6.07) is 13.7. The fourth-order valence-corrected chi connectivity index (χ4v) is 9.04. The number of carboxylic acids is 1. The van der Waals surface area contributed by atoms with Crippen molar-refractivity contribution >= 4 is 114 Å². The van der Waals surface area contributed by atoms with Crippen LogP contribution in [0, 0.1) is 6.92 Å². The van der Waals surface area contributed by atoms with E-state index in [1.807, 2.05) is 0 Å². The van der Waals surface area contributed by atoms with Gasteiger partial charge in [0.25, 0.3) is 46.4 Å². The number of hydrazone groups is 1. The van der Waals surface area contributed by atoms with E-state index in [4.69, 9.17) is 4.74 Å². The number of methoxy groups -OCH3 is 1. The molecule has 0 saturated carbocycles. The van der Waals surface area contributed by atoms with Crippen molar-refractivity contribution < 1.29 is 81.5 Å². The molecule has 6 aromatic carbocycles. The lowest BCUT2D eigenvalue weighted by molar-refractivity contribution is -0.130. The average Bonchev–Trinajstić information content (AvgIpc) is 3.58. The monoisotopic (exact) mass is 1020 g/mol. The number of fused-ring (bicyclic) bond motifs is 2. The van der Waals surface area contributed by atoms with Gasteiger partial charge in [-0.3, -0.25) is 33.9 Å². The highest BCUT2D eigenvalue weighted by Crippen LogP contribution is 2.41. The molecule has 0 fully saturated rings. The normalized spacial score (nSPS) is 14.4. The number of aliphatic carboxylic acids is 1. The second-order valence-electron chi connectivity index (χ2n) is 14.4. The molecule has 68 heavy (non-hydrogen) atoms. The molecule has 1 aliphatic heterocycles. The Morgan fingerprint density at radius 2 is 1.26 bits per heavy atom. The number of amides is 1. The van der Waals surface area contributed by atoms with Gasteiger partial charge in [-0.05, 0) is 96.1 Å². The third-order valence-electron chi connectivity index (χ3n) is 10.0. The van der Waals surface area contributed by atoms with E-state index in [0.29, 0.717) is 10.6 Å². The highest BCUT2D eigenvalue weighted by Gasteiger charge is 2.40. The Labute approximate surface area is 383 Å². The molecular formula is C38H34N8O18S4. The van der Waals surface area contributed by atoms with Crippen molar-refractivity contribution in [3.05, 3.63) is 90.5 Å². The van der Waals surface area contributed by atoms with E-state index < -0.39 is 101 Å². The number of carboxylic acid groups (broad SMARTS) is 1. The van der Waals surface area contributed by atoms with Crippen LogP contribution in [0.5, 0.6) is 17.2 Å². The van der Waals surface area contributed by atoms with Gasteiger partial charge in [0.1, 0.15) is 27.8 Å². The fourth-order valence-electron chi connectivity index (χ4n) is 6.80. The first kappa shape index (κ1) is 48.4. The molecule has 6 aromatic rings. The fraction of sp³-hybridized carbons (Fsp3) is 0.0789. The summed E-state index contributed by atoms with van der Waals surface area (Å²) in [5.74, 6) is -3.84. The summed E-state index contributed by atoms with van der Waals surface area (Å²) in [5.41, 5.74) is 15.3. The van der Waals surface area contributed by atoms with Crippen molar-refractivity contribution in [2.75, 3.05) is 39.2 Å². The predicted octanol–water partition coefficient (Wildman–Crippen LogP) is 3.36. The number of hydrogen-bond donors (Lipinski definition) is 13. The Kier molecular flexibility index (Phi) is 12.5. The number of ether oxygens (including phenoxy) is 1. The number of rotatable bonds is 16. The lowest BCUT2D eigenvalue weighted by atomic mass is 10.1. The van der Waals surface area contributed by atoms with Crippen molar-refractivity contribution in [3.63, 3.8) is 0 Å². The maximum atomic E-state index is 13.3. The van der Waals surface area contributed by atoms with Crippen molar-refractivity contribution in [2.45, 2.75) is 32.5 Å². The minimum atomic E-state index is -5.10. The lowest BCUT2D eigenvalue weighted by Gasteiger charge is -2.20. The first-order valence-electron chi connectivity index (χ1n) is 18.7. The highest BCUT2D eigenvalue weighted by molar-refractivity contribution is 7.86. The first-order chi connectivity index (χ1) is 31.6. The third kappa shape index (κ3) is 9.78. The van der Waals surface area contributed by atoms with Crippen LogP contribution in [0.2, 0.25) is 0 Å². The van der Waals surface area contributed by atoms with E-state index in [0.717, 1.165) is 54.6 Å². The molecule has 0 aliphatic carbocycles. The molecule has 0 spiro atoms. The van der Waals surface area contributed by atoms with Crippen LogP contribution in [-0.2, 0) is 50.1 Å². The van der Waals surface area contributed by atoms with Gasteiger partial charge in [-0.2, -0.15) is 43.8 Å². The molecule has 30 heteroatoms. The van der Waals surface area contributed by atoms with Gasteiger partial charge >= 0.3 is 5.97 Å². The Balaban J connectivity index is 1.12. The summed E-state index contributed by atoms with van der Waals surface area (Å²) in [4.78, 5) is 22.5. The van der Waals surface area contributed by atoms with Gasteiger partial charge in [0, 0.05) is 28.6 Å². The zero-order valence-electron chi connectivity index (χ0n) is 34.3. The van der Waals surface area contributed by atoms with Crippen LogP contribution in [0.3, 0.4) is 0 Å². The maximum Gasteiger partial charge on any atom is 0.354 e. The standard InChI is InChI=1S/C38H34N8O18S4/c1-17-9-27(30(64-2)16-26(17)40-42-28-14-23(66(55,56)57)11-19-12-24(67(58,59)60)15-29(47)32(19)28)41-43-33-31(68(61,62)63)13-18-10-20(3-8-25(18)36(33)48)39-44-34-35(38(50)51)45-46(37(34)49)21-4-6-22(7-5-21)65(52,53)54/h3-16,34,39-44,47-48H,1-2H3,(H,50,51)(H,52,53,54)(H,55,56,57)(H,58,59,60)(H,61,62,63). The summed E-state index contributed by atoms with van der Waals surface area (Å²) in [7, 11) is -18.2. The summed E-state index contributed by atoms with van der Waals surface area (Å²) < 4.78 is 140. The molecule has 1 heterocycles. The number of benzene rings is 6. The van der Waals surface area contributed by atoms with Gasteiger partial charge in [-0.25, -0.2) is 10.2 Å². The van der Waals surface area contributed by atoms with E-state index in [2.05, 4.69) is 37.7 Å². The van der Waals surface area contributed by atoms with Gasteiger partial charge < -0.3 is 36.3 Å². The Hall–Kier alpha value is -7.55. The van der Waals surface area contributed by atoms with Crippen LogP contribution in [-0.4, -0.2) is 97.9 Å². The summed E-state index contributed by atoms with van der Waals surface area (Å²) >= 11 is 0. The molecule has 0 aromatic heterocycles. The molecule has 7 rings (SSSR count). The minimum Gasteiger partial charge on any atom is -0.507 e. The van der Waals surface area contributed by atoms with E-state index in [9.17, 15) is 76.8 Å². The zero-order valence-corrected chi connectivity index (χ0v) is 37.6. The summed E-state index contributed by atoms with van der Waals surface area (Å²) in [6.07, 6.45) is 0. The van der Waals surface area contributed by atoms with Crippen LogP contribution in [0.4, 0.5) is 34.1 Å². The number of hydrazine groups is 3. The number of nitrogens with one attached hydrogen (secondary N) is 6. The zero-order chi connectivity index (χ0) is 49.8. The van der Waals surface area contributed by atoms with Crippen LogP contribution in [0.15, 0.2) is 110 Å². The van der Waals surface area contributed by atoms with Crippen molar-refractivity contribution in [1.29, 1.82) is 0 Å². The number of nitrogens with zero attached hydrogens (tertiary/aromatic N) is 2. The number of carbonyl (C=O) groups is 2. The maximum absolute atomic E-state index is 13.3. The van der Waals surface area contributed by atoms with E-state index in [1.54, 1.807) is 6.92 Å². The Morgan fingerprint density at radius 1 is 0.662 bits per heavy atom. The second-order valence-corrected chi connectivity index (χ2v) is 20.1. The third-order valence-corrected chi connectivity index (χ3v) is 13.4. The number of anilines is 6. The molecule has 1 aliphatic rings. The Morgan fingerprint density at radius 3 is 1.85 bits per heavy atom. The average molecular weight is 1020 g/mol. The van der Waals surface area contributed by atoms with Crippen LogP contribution >= 0.6 is 0 Å². The van der Waals surface area contributed by atoms with Crippen LogP contribution in [0.1, 0.15) is 5.56 Å². The minimum absolute atomic E-state index is 0.0105. The SMILES string of the molecule is COc1cc(NNc2cc(S(=O)(=O)O)cc3cc(S(=O)(=O)O)cc(O)c23)c(C)cc1NNc1c(S(=O)(=O)O)cc2cc(NNC3C(=O)N(c4ccc(S(=O)(=O)O)cc4)N=C3C(=O)O)ccc2c1O. The largest absolute Gasteiger partial charge is 0.507 e. The quantitative estimate of drug-likeness (QED) is 0.0375. The number of phenolic OH excluding ortho intramolecular Hbond substituents is 2. The lowest BCUT2D eigenvalue weighted by Crippen LogP contribution is -2.48. The molecule has 0 saturated heterocycles. The van der Waals surface area contributed by atoms with Gasteiger partial charge in [0.15, 0.2) is 11.8 Å². The van der Waals surface area contributed by atoms with E-state index in [-0.39, 0.29) is 55.7 Å². The number of aromatic hydroxyl groups is 2. The van der Waals surface area contributed by atoms with Gasteiger partial charge in [-0.15, -0.1) is 0 Å². The molecule has 1 unspecified atom stereocenters. The first-order valence-corrected chi connectivity index (χ1v) is 24.4. The molecule has 0 radical (unpaired) electrons. The predicted molar refractivity (Wildman–Crippen MR) is 242 cm³/mol. The number of aryl methyl sites for hydroxylation is 1. The van der Waals surface area contributed by atoms with Gasteiger partial charge in [-0.1, -0.05) is 0 Å². The van der Waals surface area contributed by atoms with Crippen molar-refractivity contribution in [3.8, 4) is 17.2 Å². The van der Waals surface area contributed by atoms with Gasteiger partial charge in [0.05, 0.1) is 44.5 Å². The van der Waals surface area contributed by atoms with Crippen molar-refractivity contribution in [2.24, 2.45) is 5.10 Å². The molecule has 26 nitrogen and oxygen atoms in total. The van der Waals surface area contributed by atoms with Gasteiger partial charge in [0.2, 0.25) is 0 Å². The summed E-state index contributed by atoms with van der Waals surface area (Å²) in [5, 5.41) is 36.1. The van der Waals surface area contributed by atoms with E-state index >= 15 is 0 Å². The van der Waals surface area contributed by atoms with Crippen molar-refractivity contribution in [1.82, 2.24) is 5.43 Å². The number of phenols is 2. The van der Waals surface area contributed by atoms with Crippen LogP contribution < -0.4 is 42.3 Å². The smallest absolute Gasteiger partial charge is 0.354 e. The number of hydrogen-bond acceptors (Lipinski definition) is 20. The molecular weight excluding hydrogens is 985 g/mol. The molecule has 358 valence electrons. The Bertz CT molecular complexity index is 3610. The molecule has 1 atom stereocenters. The van der Waals surface area contributed by atoms with Crippen LogP contribution in [0.25, 0.3) is 21.5 Å². The second kappa shape index (κ2) is 17.6. The molecule has 0 bridgehead atoms. The highest BCUT2D eigenvalue weighted by atomic mass is 32.2. The molecule has 13 N–H and O–H groups in total. The topological polar surface area (TPSA) is 409 Å². The molecule has 1 amide bonds. The summed E-state index contributed by atoms with van der Waals surface area (Å²) in [6.45, 7) is 1.58. The number of carbonyl (C=O) groups excluding carboxylic acids is 1. The van der Waals surface area contributed by atoms with E-state index in [1.165, 1.54) is 37.4 Å².